The maximum absolute atomic E-state index is 11.6. The SMILES string of the molecule is CCC1CCCCC1(OC(=O)CO)c1ccccc1. The molecule has 0 radical (unpaired) electrons. The van der Waals surface area contributed by atoms with Gasteiger partial charge in [-0.05, 0) is 31.2 Å². The quantitative estimate of drug-likeness (QED) is 0.848. The van der Waals surface area contributed by atoms with Crippen molar-refractivity contribution >= 4 is 5.97 Å². The first-order valence-corrected chi connectivity index (χ1v) is 7.11. The normalized spacial score (nSPS) is 26.9. The van der Waals surface area contributed by atoms with Crippen molar-refractivity contribution in [3.8, 4) is 0 Å². The van der Waals surface area contributed by atoms with Gasteiger partial charge in [0.2, 0.25) is 0 Å². The van der Waals surface area contributed by atoms with Crippen LogP contribution in [0.4, 0.5) is 0 Å². The molecule has 1 aliphatic carbocycles. The first-order chi connectivity index (χ1) is 9.23. The van der Waals surface area contributed by atoms with Gasteiger partial charge < -0.3 is 9.84 Å². The van der Waals surface area contributed by atoms with Crippen LogP contribution in [0, 0.1) is 5.92 Å². The van der Waals surface area contributed by atoms with Gasteiger partial charge in [0.15, 0.2) is 0 Å². The number of aliphatic hydroxyl groups excluding tert-OH is 1. The molecule has 3 nitrogen and oxygen atoms in total. The number of hydrogen-bond acceptors (Lipinski definition) is 3. The Labute approximate surface area is 114 Å². The second-order valence-corrected chi connectivity index (χ2v) is 5.24. The minimum atomic E-state index is -0.551. The summed E-state index contributed by atoms with van der Waals surface area (Å²) in [4.78, 5) is 11.6. The Morgan fingerprint density at radius 3 is 2.74 bits per heavy atom. The molecule has 1 aromatic rings. The van der Waals surface area contributed by atoms with E-state index in [1.165, 1.54) is 6.42 Å². The lowest BCUT2D eigenvalue weighted by Crippen LogP contribution is -2.42. The molecule has 0 heterocycles. The third-order valence-corrected chi connectivity index (χ3v) is 4.19. The van der Waals surface area contributed by atoms with Gasteiger partial charge in [0.1, 0.15) is 12.2 Å². The Morgan fingerprint density at radius 1 is 1.37 bits per heavy atom. The van der Waals surface area contributed by atoms with Crippen LogP contribution < -0.4 is 0 Å². The predicted molar refractivity (Wildman–Crippen MR) is 73.5 cm³/mol. The fraction of sp³-hybridized carbons (Fsp3) is 0.562. The predicted octanol–water partition coefficient (Wildman–Crippen LogP) is 3.02. The summed E-state index contributed by atoms with van der Waals surface area (Å²) in [5, 5.41) is 9.01. The van der Waals surface area contributed by atoms with Crippen molar-refractivity contribution in [1.82, 2.24) is 0 Å². The Hall–Kier alpha value is -1.35. The van der Waals surface area contributed by atoms with E-state index in [2.05, 4.69) is 6.92 Å². The van der Waals surface area contributed by atoms with Crippen molar-refractivity contribution in [3.05, 3.63) is 35.9 Å². The van der Waals surface area contributed by atoms with Crippen molar-refractivity contribution in [3.63, 3.8) is 0 Å². The number of aliphatic hydroxyl groups is 1. The first-order valence-electron chi connectivity index (χ1n) is 7.11. The summed E-state index contributed by atoms with van der Waals surface area (Å²) in [6.07, 6.45) is 5.15. The molecule has 0 bridgehead atoms. The van der Waals surface area contributed by atoms with Crippen molar-refractivity contribution in [2.45, 2.75) is 44.6 Å². The molecule has 2 atom stereocenters. The van der Waals surface area contributed by atoms with Gasteiger partial charge in [0, 0.05) is 5.92 Å². The van der Waals surface area contributed by atoms with Gasteiger partial charge in [-0.2, -0.15) is 0 Å². The lowest BCUT2D eigenvalue weighted by atomic mass is 9.70. The van der Waals surface area contributed by atoms with E-state index in [-0.39, 0.29) is 0 Å². The lowest BCUT2D eigenvalue weighted by molar-refractivity contribution is -0.177. The number of benzene rings is 1. The highest BCUT2D eigenvalue weighted by Gasteiger charge is 2.44. The van der Waals surface area contributed by atoms with Gasteiger partial charge >= 0.3 is 5.97 Å². The monoisotopic (exact) mass is 262 g/mol. The molecule has 1 aromatic carbocycles. The Morgan fingerprint density at radius 2 is 2.11 bits per heavy atom. The molecule has 0 aromatic heterocycles. The molecular formula is C16H22O3. The second-order valence-electron chi connectivity index (χ2n) is 5.24. The molecule has 1 saturated carbocycles. The van der Waals surface area contributed by atoms with Gasteiger partial charge in [0.05, 0.1) is 0 Å². The molecule has 1 aliphatic rings. The van der Waals surface area contributed by atoms with E-state index in [0.717, 1.165) is 31.2 Å². The average Bonchev–Trinajstić information content (AvgIpc) is 2.48. The maximum Gasteiger partial charge on any atom is 0.332 e. The highest BCUT2D eigenvalue weighted by molar-refractivity contribution is 5.71. The van der Waals surface area contributed by atoms with Gasteiger partial charge in [-0.3, -0.25) is 0 Å². The maximum atomic E-state index is 11.6. The van der Waals surface area contributed by atoms with Crippen LogP contribution in [-0.4, -0.2) is 17.7 Å². The topological polar surface area (TPSA) is 46.5 Å². The fourth-order valence-corrected chi connectivity index (χ4v) is 3.28. The van der Waals surface area contributed by atoms with Crippen LogP contribution in [0.5, 0.6) is 0 Å². The number of ether oxygens (including phenoxy) is 1. The zero-order chi connectivity index (χ0) is 13.7. The summed E-state index contributed by atoms with van der Waals surface area (Å²) in [5.74, 6) is -0.191. The third-order valence-electron chi connectivity index (χ3n) is 4.19. The number of carbonyl (C=O) groups is 1. The number of esters is 1. The van der Waals surface area contributed by atoms with Crippen molar-refractivity contribution < 1.29 is 14.6 Å². The van der Waals surface area contributed by atoms with Crippen LogP contribution in [0.25, 0.3) is 0 Å². The largest absolute Gasteiger partial charge is 0.452 e. The average molecular weight is 262 g/mol. The molecule has 3 heteroatoms. The zero-order valence-electron chi connectivity index (χ0n) is 11.5. The van der Waals surface area contributed by atoms with Gasteiger partial charge in [-0.1, -0.05) is 43.7 Å². The molecule has 1 N–H and O–H groups in total. The smallest absolute Gasteiger partial charge is 0.332 e. The van der Waals surface area contributed by atoms with Crippen LogP contribution >= 0.6 is 0 Å². The zero-order valence-corrected chi connectivity index (χ0v) is 11.5. The summed E-state index contributed by atoms with van der Waals surface area (Å²) >= 11 is 0. The van der Waals surface area contributed by atoms with Crippen LogP contribution in [0.2, 0.25) is 0 Å². The highest BCUT2D eigenvalue weighted by atomic mass is 16.6. The second kappa shape index (κ2) is 6.20. The number of hydrogen-bond donors (Lipinski definition) is 1. The van der Waals surface area contributed by atoms with Crippen LogP contribution in [0.15, 0.2) is 30.3 Å². The molecule has 2 unspecified atom stereocenters. The molecule has 0 amide bonds. The molecule has 2 rings (SSSR count). The van der Waals surface area contributed by atoms with E-state index in [4.69, 9.17) is 9.84 Å². The Kier molecular flexibility index (Phi) is 4.59. The van der Waals surface area contributed by atoms with E-state index in [0.29, 0.717) is 5.92 Å². The lowest BCUT2D eigenvalue weighted by Gasteiger charge is -2.43. The summed E-state index contributed by atoms with van der Waals surface area (Å²) in [6.45, 7) is 1.59. The van der Waals surface area contributed by atoms with Crippen molar-refractivity contribution in [2.24, 2.45) is 5.92 Å². The van der Waals surface area contributed by atoms with Crippen molar-refractivity contribution in [2.75, 3.05) is 6.61 Å². The summed E-state index contributed by atoms with van der Waals surface area (Å²) in [7, 11) is 0. The summed E-state index contributed by atoms with van der Waals surface area (Å²) in [5.41, 5.74) is 0.511. The molecular weight excluding hydrogens is 240 g/mol. The molecule has 104 valence electrons. The van der Waals surface area contributed by atoms with Crippen molar-refractivity contribution in [1.29, 1.82) is 0 Å². The Balaban J connectivity index is 2.39. The Bertz CT molecular complexity index is 415. The molecule has 0 saturated heterocycles. The third kappa shape index (κ3) is 2.81. The molecule has 0 aliphatic heterocycles. The van der Waals surface area contributed by atoms with Gasteiger partial charge in [0.25, 0.3) is 0 Å². The first kappa shape index (κ1) is 14.1. The molecule has 0 spiro atoms. The highest BCUT2D eigenvalue weighted by Crippen LogP contribution is 2.46. The molecule has 1 fully saturated rings. The summed E-state index contributed by atoms with van der Waals surface area (Å²) < 4.78 is 5.73. The van der Waals surface area contributed by atoms with Crippen LogP contribution in [-0.2, 0) is 15.1 Å². The standard InChI is InChI=1S/C16H22O3/c1-2-13-8-6-7-11-16(13,19-15(18)12-17)14-9-4-3-5-10-14/h3-5,9-10,13,17H,2,6-8,11-12H2,1H3. The fourth-order valence-electron chi connectivity index (χ4n) is 3.28. The minimum absolute atomic E-state index is 0.333. The van der Waals surface area contributed by atoms with Crippen LogP contribution in [0.3, 0.4) is 0 Å². The van der Waals surface area contributed by atoms with E-state index in [1.807, 2.05) is 30.3 Å². The van der Waals surface area contributed by atoms with Crippen LogP contribution in [0.1, 0.15) is 44.6 Å². The van der Waals surface area contributed by atoms with E-state index in [9.17, 15) is 4.79 Å². The van der Waals surface area contributed by atoms with E-state index in [1.54, 1.807) is 0 Å². The number of carbonyl (C=O) groups excluding carboxylic acids is 1. The number of rotatable bonds is 4. The van der Waals surface area contributed by atoms with E-state index >= 15 is 0 Å². The van der Waals surface area contributed by atoms with E-state index < -0.39 is 18.2 Å². The molecule has 19 heavy (non-hydrogen) atoms. The van der Waals surface area contributed by atoms with Gasteiger partial charge in [-0.25, -0.2) is 4.79 Å². The van der Waals surface area contributed by atoms with Gasteiger partial charge in [-0.15, -0.1) is 0 Å². The summed E-state index contributed by atoms with van der Waals surface area (Å²) in [6, 6.07) is 9.97. The minimum Gasteiger partial charge on any atom is -0.452 e.